The van der Waals surface area contributed by atoms with Gasteiger partial charge in [0.1, 0.15) is 10.0 Å². The molecule has 1 atom stereocenters. The van der Waals surface area contributed by atoms with Crippen molar-refractivity contribution in [1.82, 2.24) is 15.5 Å². The Bertz CT molecular complexity index is 320. The van der Waals surface area contributed by atoms with Gasteiger partial charge in [-0.05, 0) is 26.3 Å². The van der Waals surface area contributed by atoms with Gasteiger partial charge in [0, 0.05) is 5.41 Å². The number of hydrogen-bond donors (Lipinski definition) is 1. The molecular formula is C12H23N3S. The van der Waals surface area contributed by atoms with E-state index in [4.69, 9.17) is 0 Å². The minimum Gasteiger partial charge on any atom is -0.308 e. The molecule has 0 aliphatic rings. The minimum atomic E-state index is 0.153. The van der Waals surface area contributed by atoms with E-state index in [0.717, 1.165) is 29.4 Å². The van der Waals surface area contributed by atoms with Gasteiger partial charge in [0.2, 0.25) is 0 Å². The number of nitrogens with zero attached hydrogens (tertiary/aromatic N) is 2. The molecule has 0 spiro atoms. The normalized spacial score (nSPS) is 14.1. The molecule has 0 fully saturated rings. The van der Waals surface area contributed by atoms with Crippen LogP contribution in [0.15, 0.2) is 0 Å². The molecule has 0 amide bonds. The molecule has 1 aromatic rings. The summed E-state index contributed by atoms with van der Waals surface area (Å²) in [5, 5.41) is 14.3. The highest BCUT2D eigenvalue weighted by molar-refractivity contribution is 7.11. The molecule has 0 saturated heterocycles. The number of nitrogens with one attached hydrogen (secondary N) is 1. The van der Waals surface area contributed by atoms with E-state index in [-0.39, 0.29) is 5.41 Å². The second kappa shape index (κ2) is 5.73. The first-order valence-corrected chi connectivity index (χ1v) is 6.90. The minimum absolute atomic E-state index is 0.153. The van der Waals surface area contributed by atoms with Crippen LogP contribution >= 0.6 is 11.3 Å². The van der Waals surface area contributed by atoms with Crippen molar-refractivity contribution in [1.29, 1.82) is 0 Å². The van der Waals surface area contributed by atoms with Crippen LogP contribution in [0.1, 0.15) is 63.5 Å². The zero-order chi connectivity index (χ0) is 12.2. The van der Waals surface area contributed by atoms with E-state index in [1.807, 2.05) is 0 Å². The predicted octanol–water partition coefficient (Wildman–Crippen LogP) is 3.29. The molecule has 1 aromatic heterocycles. The number of hydrogen-bond acceptors (Lipinski definition) is 4. The van der Waals surface area contributed by atoms with Crippen LogP contribution in [0.2, 0.25) is 0 Å². The molecule has 0 saturated carbocycles. The third-order valence-corrected chi connectivity index (χ3v) is 4.45. The van der Waals surface area contributed by atoms with Gasteiger partial charge in [0.05, 0.1) is 6.04 Å². The van der Waals surface area contributed by atoms with Gasteiger partial charge >= 0.3 is 0 Å². The van der Waals surface area contributed by atoms with Crippen molar-refractivity contribution in [3.63, 3.8) is 0 Å². The maximum atomic E-state index is 4.32. The van der Waals surface area contributed by atoms with Crippen molar-refractivity contribution in [2.24, 2.45) is 0 Å². The summed E-state index contributed by atoms with van der Waals surface area (Å²) in [5.74, 6) is 0. The molecule has 0 radical (unpaired) electrons. The van der Waals surface area contributed by atoms with E-state index in [1.165, 1.54) is 0 Å². The van der Waals surface area contributed by atoms with E-state index >= 15 is 0 Å². The van der Waals surface area contributed by atoms with Gasteiger partial charge in [0.25, 0.3) is 0 Å². The van der Waals surface area contributed by atoms with Gasteiger partial charge in [-0.1, -0.05) is 39.0 Å². The Hall–Kier alpha value is -0.480. The van der Waals surface area contributed by atoms with Gasteiger partial charge in [-0.2, -0.15) is 0 Å². The monoisotopic (exact) mass is 241 g/mol. The summed E-state index contributed by atoms with van der Waals surface area (Å²) in [6.07, 6.45) is 2.24. The maximum Gasteiger partial charge on any atom is 0.134 e. The maximum absolute atomic E-state index is 4.32. The largest absolute Gasteiger partial charge is 0.308 e. The van der Waals surface area contributed by atoms with Crippen molar-refractivity contribution in [3.8, 4) is 0 Å². The van der Waals surface area contributed by atoms with Gasteiger partial charge in [0.15, 0.2) is 0 Å². The van der Waals surface area contributed by atoms with E-state index in [9.17, 15) is 0 Å². The Kier molecular flexibility index (Phi) is 4.87. The molecule has 16 heavy (non-hydrogen) atoms. The van der Waals surface area contributed by atoms with Gasteiger partial charge in [-0.25, -0.2) is 0 Å². The molecule has 0 aliphatic carbocycles. The van der Waals surface area contributed by atoms with Crippen molar-refractivity contribution < 1.29 is 0 Å². The Morgan fingerprint density at radius 1 is 1.31 bits per heavy atom. The van der Waals surface area contributed by atoms with Gasteiger partial charge in [-0.3, -0.25) is 0 Å². The summed E-state index contributed by atoms with van der Waals surface area (Å²) in [6, 6.07) is 0.318. The lowest BCUT2D eigenvalue weighted by Crippen LogP contribution is -2.19. The van der Waals surface area contributed by atoms with Crippen molar-refractivity contribution >= 4 is 11.3 Å². The van der Waals surface area contributed by atoms with Crippen LogP contribution in [0.25, 0.3) is 0 Å². The average Bonchev–Trinajstić information content (AvgIpc) is 2.75. The smallest absolute Gasteiger partial charge is 0.134 e. The van der Waals surface area contributed by atoms with Crippen molar-refractivity contribution in [2.45, 2.75) is 58.9 Å². The lowest BCUT2D eigenvalue weighted by Gasteiger charge is -2.18. The van der Waals surface area contributed by atoms with E-state index in [0.29, 0.717) is 6.04 Å². The molecule has 0 aromatic carbocycles. The highest BCUT2D eigenvalue weighted by Gasteiger charge is 2.24. The molecule has 3 nitrogen and oxygen atoms in total. The van der Waals surface area contributed by atoms with Crippen LogP contribution in [0.3, 0.4) is 0 Å². The van der Waals surface area contributed by atoms with Crippen LogP contribution in [-0.2, 0) is 5.41 Å². The second-order valence-electron chi connectivity index (χ2n) is 4.86. The lowest BCUT2D eigenvalue weighted by atomic mass is 9.91. The second-order valence-corrected chi connectivity index (χ2v) is 5.87. The van der Waals surface area contributed by atoms with Gasteiger partial charge in [-0.15, -0.1) is 10.2 Å². The standard InChI is InChI=1S/C12H23N3S/c1-6-8-13-9(3)10-14-15-11(16-10)12(4,5)7-2/h9,13H,6-8H2,1-5H3. The summed E-state index contributed by atoms with van der Waals surface area (Å²) >= 11 is 1.74. The summed E-state index contributed by atoms with van der Waals surface area (Å²) in [5.41, 5.74) is 0.153. The van der Waals surface area contributed by atoms with Crippen LogP contribution in [0.4, 0.5) is 0 Å². The number of aromatic nitrogens is 2. The van der Waals surface area contributed by atoms with Crippen molar-refractivity contribution in [2.75, 3.05) is 6.54 Å². The third kappa shape index (κ3) is 3.25. The Morgan fingerprint density at radius 2 is 2.00 bits per heavy atom. The SMILES string of the molecule is CCCNC(C)c1nnc(C(C)(C)CC)s1. The van der Waals surface area contributed by atoms with E-state index in [1.54, 1.807) is 11.3 Å². The highest BCUT2D eigenvalue weighted by Crippen LogP contribution is 2.30. The lowest BCUT2D eigenvalue weighted by molar-refractivity contribution is 0.497. The third-order valence-electron chi connectivity index (χ3n) is 2.97. The zero-order valence-corrected chi connectivity index (χ0v) is 11.8. The molecule has 1 heterocycles. The highest BCUT2D eigenvalue weighted by atomic mass is 32.1. The first-order chi connectivity index (χ1) is 7.51. The molecule has 1 unspecified atom stereocenters. The summed E-state index contributed by atoms with van der Waals surface area (Å²) in [6.45, 7) is 12.0. The van der Waals surface area contributed by atoms with Crippen LogP contribution in [-0.4, -0.2) is 16.7 Å². The average molecular weight is 241 g/mol. The quantitative estimate of drug-likeness (QED) is 0.830. The molecular weight excluding hydrogens is 218 g/mol. The van der Waals surface area contributed by atoms with Crippen LogP contribution in [0, 0.1) is 0 Å². The van der Waals surface area contributed by atoms with E-state index in [2.05, 4.69) is 50.1 Å². The zero-order valence-electron chi connectivity index (χ0n) is 11.0. The topological polar surface area (TPSA) is 37.8 Å². The van der Waals surface area contributed by atoms with Gasteiger partial charge < -0.3 is 5.32 Å². The summed E-state index contributed by atoms with van der Waals surface area (Å²) in [4.78, 5) is 0. The Balaban J connectivity index is 2.71. The molecule has 0 aliphatic heterocycles. The fourth-order valence-electron chi connectivity index (χ4n) is 1.28. The number of rotatable bonds is 6. The summed E-state index contributed by atoms with van der Waals surface area (Å²) < 4.78 is 0. The first kappa shape index (κ1) is 13.6. The Morgan fingerprint density at radius 3 is 2.56 bits per heavy atom. The predicted molar refractivity (Wildman–Crippen MR) is 69.9 cm³/mol. The fourth-order valence-corrected chi connectivity index (χ4v) is 2.32. The van der Waals surface area contributed by atoms with Crippen LogP contribution < -0.4 is 5.32 Å². The molecule has 1 rings (SSSR count). The van der Waals surface area contributed by atoms with Crippen molar-refractivity contribution in [3.05, 3.63) is 10.0 Å². The summed E-state index contributed by atoms with van der Waals surface area (Å²) in [7, 11) is 0. The first-order valence-electron chi connectivity index (χ1n) is 6.08. The van der Waals surface area contributed by atoms with Crippen LogP contribution in [0.5, 0.6) is 0 Å². The molecule has 0 bridgehead atoms. The molecule has 92 valence electrons. The molecule has 1 N–H and O–H groups in total. The molecule has 4 heteroatoms. The Labute approximate surface area is 103 Å². The fraction of sp³-hybridized carbons (Fsp3) is 0.833. The van der Waals surface area contributed by atoms with E-state index < -0.39 is 0 Å².